The van der Waals surface area contributed by atoms with Crippen LogP contribution in [0.25, 0.3) is 0 Å². The summed E-state index contributed by atoms with van der Waals surface area (Å²) in [5.41, 5.74) is 7.31. The maximum Gasteiger partial charge on any atom is 0.243 e. The lowest BCUT2D eigenvalue weighted by Crippen LogP contribution is -2.33. The minimum atomic E-state index is -3.38. The van der Waals surface area contributed by atoms with Crippen LogP contribution in [0.2, 0.25) is 0 Å². The van der Waals surface area contributed by atoms with E-state index in [9.17, 15) is 8.42 Å². The van der Waals surface area contributed by atoms with Crippen molar-refractivity contribution in [1.29, 1.82) is 0 Å². The van der Waals surface area contributed by atoms with Gasteiger partial charge in [0.1, 0.15) is 0 Å². The van der Waals surface area contributed by atoms with Gasteiger partial charge in [0.25, 0.3) is 0 Å². The highest BCUT2D eigenvalue weighted by Crippen LogP contribution is 2.39. The van der Waals surface area contributed by atoms with Crippen LogP contribution >= 0.6 is 12.4 Å². The summed E-state index contributed by atoms with van der Waals surface area (Å²) in [6.07, 6.45) is 3.15. The first-order valence-corrected chi connectivity index (χ1v) is 9.73. The Hall–Kier alpha value is -0.620. The summed E-state index contributed by atoms with van der Waals surface area (Å²) in [6, 6.07) is 7.57. The number of hydrogen-bond donors (Lipinski definition) is 1. The average molecular weight is 359 g/mol. The van der Waals surface area contributed by atoms with Crippen molar-refractivity contribution < 1.29 is 8.42 Å². The van der Waals surface area contributed by atoms with E-state index in [1.54, 1.807) is 16.4 Å². The third-order valence-electron chi connectivity index (χ3n) is 5.58. The number of nitrogens with zero attached hydrogens (tertiary/aromatic N) is 1. The average Bonchev–Trinajstić information content (AvgIpc) is 3.09. The molecule has 1 aromatic carbocycles. The van der Waals surface area contributed by atoms with Gasteiger partial charge >= 0.3 is 0 Å². The summed E-state index contributed by atoms with van der Waals surface area (Å²) < 4.78 is 27.3. The molecule has 23 heavy (non-hydrogen) atoms. The number of benzene rings is 1. The number of hydrogen-bond acceptors (Lipinski definition) is 3. The fourth-order valence-corrected chi connectivity index (χ4v) is 5.35. The Bertz CT molecular complexity index is 632. The number of rotatable bonds is 4. The van der Waals surface area contributed by atoms with Gasteiger partial charge in [0, 0.05) is 19.1 Å². The predicted molar refractivity (Wildman–Crippen MR) is 95.3 cm³/mol. The van der Waals surface area contributed by atoms with Gasteiger partial charge in [0.15, 0.2) is 0 Å². The van der Waals surface area contributed by atoms with Crippen molar-refractivity contribution in [3.05, 3.63) is 29.8 Å². The largest absolute Gasteiger partial charge is 0.327 e. The molecule has 4 atom stereocenters. The minimum absolute atomic E-state index is 0. The van der Waals surface area contributed by atoms with E-state index in [0.29, 0.717) is 35.7 Å². The molecule has 0 bridgehead atoms. The smallest absolute Gasteiger partial charge is 0.243 e. The van der Waals surface area contributed by atoms with Gasteiger partial charge in [-0.2, -0.15) is 4.31 Å². The number of halogens is 1. The third kappa shape index (κ3) is 3.43. The van der Waals surface area contributed by atoms with Gasteiger partial charge in [-0.25, -0.2) is 8.42 Å². The van der Waals surface area contributed by atoms with Crippen LogP contribution in [-0.4, -0.2) is 31.9 Å². The lowest BCUT2D eigenvalue weighted by atomic mass is 9.98. The Morgan fingerprint density at radius 3 is 2.43 bits per heavy atom. The second-order valence-corrected chi connectivity index (χ2v) is 8.80. The first-order valence-electron chi connectivity index (χ1n) is 8.29. The highest BCUT2D eigenvalue weighted by Gasteiger charge is 2.44. The number of fused-ring (bicyclic) bond motifs is 1. The minimum Gasteiger partial charge on any atom is -0.327 e. The Labute approximate surface area is 145 Å². The fraction of sp³-hybridized carbons (Fsp3) is 0.647. The van der Waals surface area contributed by atoms with Crippen molar-refractivity contribution in [2.45, 2.75) is 50.0 Å². The molecule has 4 unspecified atom stereocenters. The topological polar surface area (TPSA) is 63.4 Å². The molecule has 0 radical (unpaired) electrons. The van der Waals surface area contributed by atoms with Crippen LogP contribution in [0.4, 0.5) is 0 Å². The number of sulfonamides is 1. The third-order valence-corrected chi connectivity index (χ3v) is 7.42. The van der Waals surface area contributed by atoms with Crippen molar-refractivity contribution >= 4 is 22.4 Å². The molecule has 4 nitrogen and oxygen atoms in total. The molecule has 0 spiro atoms. The van der Waals surface area contributed by atoms with E-state index in [-0.39, 0.29) is 18.4 Å². The monoisotopic (exact) mass is 358 g/mol. The lowest BCUT2D eigenvalue weighted by molar-refractivity contribution is 0.427. The molecule has 2 aliphatic rings. The Kier molecular flexibility index (Phi) is 5.77. The zero-order chi connectivity index (χ0) is 15.9. The fourth-order valence-electron chi connectivity index (χ4n) is 3.82. The quantitative estimate of drug-likeness (QED) is 0.899. The van der Waals surface area contributed by atoms with Crippen LogP contribution in [0.3, 0.4) is 0 Å². The molecule has 1 aromatic rings. The SMILES string of the molecule is CCC(C)c1ccc(S(=O)(=O)N2CC3CCC(N)C3C2)cc1.Cl. The van der Waals surface area contributed by atoms with E-state index in [2.05, 4.69) is 13.8 Å². The van der Waals surface area contributed by atoms with E-state index < -0.39 is 10.0 Å². The van der Waals surface area contributed by atoms with Gasteiger partial charge in [0.2, 0.25) is 10.0 Å². The van der Waals surface area contributed by atoms with Crippen LogP contribution in [0.1, 0.15) is 44.6 Å². The van der Waals surface area contributed by atoms with E-state index in [0.717, 1.165) is 19.3 Å². The van der Waals surface area contributed by atoms with Crippen LogP contribution in [0, 0.1) is 11.8 Å². The molecule has 1 aliphatic heterocycles. The second kappa shape index (κ2) is 7.09. The van der Waals surface area contributed by atoms with Gasteiger partial charge < -0.3 is 5.73 Å². The summed E-state index contributed by atoms with van der Waals surface area (Å²) >= 11 is 0. The molecule has 1 saturated carbocycles. The van der Waals surface area contributed by atoms with Crippen molar-refractivity contribution in [1.82, 2.24) is 4.31 Å². The highest BCUT2D eigenvalue weighted by atomic mass is 35.5. The molecule has 3 rings (SSSR count). The number of nitrogens with two attached hydrogens (primary N) is 1. The van der Waals surface area contributed by atoms with Crippen LogP contribution < -0.4 is 5.73 Å². The van der Waals surface area contributed by atoms with Gasteiger partial charge in [-0.05, 0) is 54.7 Å². The molecule has 1 aliphatic carbocycles. The van der Waals surface area contributed by atoms with E-state index in [4.69, 9.17) is 5.73 Å². The van der Waals surface area contributed by atoms with Crippen molar-refractivity contribution in [3.63, 3.8) is 0 Å². The van der Waals surface area contributed by atoms with Crippen LogP contribution in [-0.2, 0) is 10.0 Å². The van der Waals surface area contributed by atoms with Crippen molar-refractivity contribution in [2.24, 2.45) is 17.6 Å². The first-order chi connectivity index (χ1) is 10.4. The summed E-state index contributed by atoms with van der Waals surface area (Å²) in [5.74, 6) is 1.25. The molecule has 2 N–H and O–H groups in total. The normalized spacial score (nSPS) is 29.1. The predicted octanol–water partition coefficient (Wildman–Crippen LogP) is 2.98. The zero-order valence-electron chi connectivity index (χ0n) is 13.8. The summed E-state index contributed by atoms with van der Waals surface area (Å²) in [5, 5.41) is 0. The van der Waals surface area contributed by atoms with E-state index >= 15 is 0 Å². The summed E-state index contributed by atoms with van der Waals surface area (Å²) in [6.45, 7) is 5.52. The molecule has 6 heteroatoms. The lowest BCUT2D eigenvalue weighted by Gasteiger charge is -2.19. The molecular weight excluding hydrogens is 332 g/mol. The van der Waals surface area contributed by atoms with Gasteiger partial charge in [0.05, 0.1) is 4.90 Å². The Balaban J connectivity index is 0.00000192. The molecule has 0 aromatic heterocycles. The van der Waals surface area contributed by atoms with Gasteiger partial charge in [-0.3, -0.25) is 0 Å². The van der Waals surface area contributed by atoms with E-state index in [1.807, 2.05) is 12.1 Å². The van der Waals surface area contributed by atoms with Gasteiger partial charge in [-0.15, -0.1) is 12.4 Å². The first kappa shape index (κ1) is 18.7. The van der Waals surface area contributed by atoms with Crippen molar-refractivity contribution in [2.75, 3.05) is 13.1 Å². The van der Waals surface area contributed by atoms with Crippen LogP contribution in [0.5, 0.6) is 0 Å². The summed E-state index contributed by atoms with van der Waals surface area (Å²) in [7, 11) is -3.38. The molecule has 0 amide bonds. The maximum absolute atomic E-state index is 12.8. The van der Waals surface area contributed by atoms with Crippen molar-refractivity contribution in [3.8, 4) is 0 Å². The van der Waals surface area contributed by atoms with Crippen LogP contribution in [0.15, 0.2) is 29.2 Å². The zero-order valence-corrected chi connectivity index (χ0v) is 15.4. The maximum atomic E-state index is 12.8. The standard InChI is InChI=1S/C17H26N2O2S.ClH/c1-3-12(2)13-4-7-15(8-5-13)22(20,21)19-10-14-6-9-17(18)16(14)11-19;/h4-5,7-8,12,14,16-17H,3,6,9-11,18H2,1-2H3;1H. The molecule has 2 fully saturated rings. The molecule has 130 valence electrons. The second-order valence-electron chi connectivity index (χ2n) is 6.87. The molecule has 1 saturated heterocycles. The van der Waals surface area contributed by atoms with Gasteiger partial charge in [-0.1, -0.05) is 26.0 Å². The molecule has 1 heterocycles. The highest BCUT2D eigenvalue weighted by molar-refractivity contribution is 7.89. The summed E-state index contributed by atoms with van der Waals surface area (Å²) in [4.78, 5) is 0.410. The molecular formula is C17H27ClN2O2S. The Morgan fingerprint density at radius 1 is 1.22 bits per heavy atom. The Morgan fingerprint density at radius 2 is 1.87 bits per heavy atom. The van der Waals surface area contributed by atoms with E-state index in [1.165, 1.54) is 5.56 Å².